The number of methoxy groups -OCH3 is 1. The molecule has 1 amide bonds. The van der Waals surface area contributed by atoms with Gasteiger partial charge in [-0.2, -0.15) is 0 Å². The van der Waals surface area contributed by atoms with Crippen molar-refractivity contribution in [2.75, 3.05) is 19.0 Å². The van der Waals surface area contributed by atoms with E-state index in [-0.39, 0.29) is 5.91 Å². The number of carbonyl (C=O) groups is 1. The van der Waals surface area contributed by atoms with Gasteiger partial charge in [0, 0.05) is 16.5 Å². The second kappa shape index (κ2) is 7.81. The molecule has 3 aromatic rings. The predicted molar refractivity (Wildman–Crippen MR) is 99.7 cm³/mol. The van der Waals surface area contributed by atoms with E-state index in [0.29, 0.717) is 17.3 Å². The van der Waals surface area contributed by atoms with Gasteiger partial charge < -0.3 is 9.47 Å². The molecule has 0 aliphatic rings. The summed E-state index contributed by atoms with van der Waals surface area (Å²) < 4.78 is 10.7. The van der Waals surface area contributed by atoms with Crippen LogP contribution < -0.4 is 14.8 Å². The molecule has 25 heavy (non-hydrogen) atoms. The van der Waals surface area contributed by atoms with Crippen molar-refractivity contribution in [1.82, 2.24) is 4.98 Å². The summed E-state index contributed by atoms with van der Waals surface area (Å²) >= 11 is 1.37. The molecule has 0 spiro atoms. The summed E-state index contributed by atoms with van der Waals surface area (Å²) in [6.45, 7) is 2.51. The third-order valence-corrected chi connectivity index (χ3v) is 4.29. The lowest BCUT2D eigenvalue weighted by molar-refractivity contribution is 0.102. The maximum atomic E-state index is 12.3. The highest BCUT2D eigenvalue weighted by Gasteiger charge is 2.12. The number of nitrogens with zero attached hydrogens (tertiary/aromatic N) is 1. The van der Waals surface area contributed by atoms with Crippen LogP contribution in [0.15, 0.2) is 53.9 Å². The summed E-state index contributed by atoms with van der Waals surface area (Å²) in [5, 5.41) is 5.26. The number of carbonyl (C=O) groups excluding carboxylic acids is 1. The van der Waals surface area contributed by atoms with Gasteiger partial charge in [-0.15, -0.1) is 11.3 Å². The van der Waals surface area contributed by atoms with Crippen LogP contribution in [0.1, 0.15) is 17.3 Å². The van der Waals surface area contributed by atoms with Crippen LogP contribution in [0.25, 0.3) is 11.3 Å². The Hall–Kier alpha value is -2.86. The van der Waals surface area contributed by atoms with Gasteiger partial charge in [-0.1, -0.05) is 12.1 Å². The van der Waals surface area contributed by atoms with E-state index >= 15 is 0 Å². The van der Waals surface area contributed by atoms with Gasteiger partial charge in [0.15, 0.2) is 5.13 Å². The van der Waals surface area contributed by atoms with Crippen LogP contribution >= 0.6 is 11.3 Å². The van der Waals surface area contributed by atoms with Gasteiger partial charge in [0.25, 0.3) is 5.91 Å². The Morgan fingerprint density at radius 3 is 2.64 bits per heavy atom. The first-order chi connectivity index (χ1) is 12.2. The zero-order chi connectivity index (χ0) is 17.6. The molecule has 5 nitrogen and oxygen atoms in total. The minimum absolute atomic E-state index is 0.205. The van der Waals surface area contributed by atoms with Crippen LogP contribution in [0.3, 0.4) is 0 Å². The van der Waals surface area contributed by atoms with Gasteiger partial charge in [0.1, 0.15) is 11.5 Å². The number of anilines is 1. The summed E-state index contributed by atoms with van der Waals surface area (Å²) in [7, 11) is 1.62. The highest BCUT2D eigenvalue weighted by atomic mass is 32.1. The molecule has 1 aromatic heterocycles. The lowest BCUT2D eigenvalue weighted by atomic mass is 10.1. The molecule has 0 saturated carbocycles. The number of hydrogen-bond donors (Lipinski definition) is 1. The number of para-hydroxylation sites is 1. The molecule has 0 aliphatic carbocycles. The number of aromatic nitrogens is 1. The van der Waals surface area contributed by atoms with Gasteiger partial charge in [-0.05, 0) is 43.3 Å². The minimum atomic E-state index is -0.205. The van der Waals surface area contributed by atoms with Crippen LogP contribution in [0.4, 0.5) is 5.13 Å². The largest absolute Gasteiger partial charge is 0.496 e. The topological polar surface area (TPSA) is 60.5 Å². The fourth-order valence-electron chi connectivity index (χ4n) is 2.35. The summed E-state index contributed by atoms with van der Waals surface area (Å²) in [6, 6.07) is 14.7. The first-order valence-electron chi connectivity index (χ1n) is 7.84. The second-order valence-corrected chi connectivity index (χ2v) is 6.01. The van der Waals surface area contributed by atoms with Crippen molar-refractivity contribution in [3.05, 3.63) is 59.5 Å². The second-order valence-electron chi connectivity index (χ2n) is 5.15. The number of nitrogens with one attached hydrogen (secondary N) is 1. The van der Waals surface area contributed by atoms with Gasteiger partial charge >= 0.3 is 0 Å². The maximum Gasteiger partial charge on any atom is 0.257 e. The number of amides is 1. The van der Waals surface area contributed by atoms with Crippen LogP contribution in [0.2, 0.25) is 0 Å². The summed E-state index contributed by atoms with van der Waals surface area (Å²) in [6.07, 6.45) is 0. The van der Waals surface area contributed by atoms with Gasteiger partial charge in [-0.25, -0.2) is 4.98 Å². The van der Waals surface area contributed by atoms with Crippen LogP contribution in [0.5, 0.6) is 11.5 Å². The van der Waals surface area contributed by atoms with Crippen molar-refractivity contribution in [3.8, 4) is 22.8 Å². The molecule has 0 atom stereocenters. The number of rotatable bonds is 6. The Bertz CT molecular complexity index is 859. The molecule has 0 aliphatic heterocycles. The minimum Gasteiger partial charge on any atom is -0.496 e. The maximum absolute atomic E-state index is 12.3. The molecule has 0 radical (unpaired) electrons. The lowest BCUT2D eigenvalue weighted by Gasteiger charge is -2.06. The molecule has 1 heterocycles. The fourth-order valence-corrected chi connectivity index (χ4v) is 3.06. The first kappa shape index (κ1) is 17.0. The Labute approximate surface area is 150 Å². The van der Waals surface area contributed by atoms with E-state index in [1.54, 1.807) is 31.4 Å². The zero-order valence-electron chi connectivity index (χ0n) is 14.0. The lowest BCUT2D eigenvalue weighted by Crippen LogP contribution is -2.11. The van der Waals surface area contributed by atoms with Gasteiger partial charge in [0.05, 0.1) is 19.4 Å². The summed E-state index contributed by atoms with van der Waals surface area (Å²) in [4.78, 5) is 16.8. The Kier molecular flexibility index (Phi) is 5.30. The normalized spacial score (nSPS) is 10.3. The SMILES string of the molecule is CCOc1ccc(C(=O)Nc2nc(-c3ccccc3OC)cs2)cc1. The van der Waals surface area contributed by atoms with Crippen molar-refractivity contribution >= 4 is 22.4 Å². The predicted octanol–water partition coefficient (Wildman–Crippen LogP) is 4.47. The highest BCUT2D eigenvalue weighted by molar-refractivity contribution is 7.14. The molecular weight excluding hydrogens is 336 g/mol. The van der Waals surface area contributed by atoms with Crippen LogP contribution in [-0.4, -0.2) is 24.6 Å². The summed E-state index contributed by atoms with van der Waals surface area (Å²) in [5.41, 5.74) is 2.21. The van der Waals surface area contributed by atoms with Gasteiger partial charge in [-0.3, -0.25) is 10.1 Å². The average Bonchev–Trinajstić information content (AvgIpc) is 3.11. The van der Waals surface area contributed by atoms with E-state index < -0.39 is 0 Å². The van der Waals surface area contributed by atoms with Crippen molar-refractivity contribution in [1.29, 1.82) is 0 Å². The summed E-state index contributed by atoms with van der Waals surface area (Å²) in [5.74, 6) is 1.29. The Morgan fingerprint density at radius 1 is 1.16 bits per heavy atom. The smallest absolute Gasteiger partial charge is 0.257 e. The number of benzene rings is 2. The van der Waals surface area contributed by atoms with E-state index in [0.717, 1.165) is 22.8 Å². The van der Waals surface area contributed by atoms with Crippen molar-refractivity contribution in [3.63, 3.8) is 0 Å². The highest BCUT2D eigenvalue weighted by Crippen LogP contribution is 2.32. The van der Waals surface area contributed by atoms with Crippen molar-refractivity contribution in [2.24, 2.45) is 0 Å². The molecule has 6 heteroatoms. The third kappa shape index (κ3) is 3.97. The molecule has 0 bridgehead atoms. The monoisotopic (exact) mass is 354 g/mol. The van der Waals surface area contributed by atoms with Gasteiger partial charge in [0.2, 0.25) is 0 Å². The zero-order valence-corrected chi connectivity index (χ0v) is 14.8. The molecule has 0 fully saturated rings. The molecule has 128 valence electrons. The number of thiazole rings is 1. The first-order valence-corrected chi connectivity index (χ1v) is 8.72. The average molecular weight is 354 g/mol. The number of ether oxygens (including phenoxy) is 2. The molecule has 0 saturated heterocycles. The Balaban J connectivity index is 1.73. The van der Waals surface area contributed by atoms with Crippen molar-refractivity contribution < 1.29 is 14.3 Å². The number of hydrogen-bond acceptors (Lipinski definition) is 5. The van der Waals surface area contributed by atoms with Crippen LogP contribution in [0, 0.1) is 0 Å². The molecule has 3 rings (SSSR count). The van der Waals surface area contributed by atoms with Crippen molar-refractivity contribution in [2.45, 2.75) is 6.92 Å². The van der Waals surface area contributed by atoms with E-state index in [4.69, 9.17) is 9.47 Å². The molecule has 0 unspecified atom stereocenters. The van der Waals surface area contributed by atoms with E-state index in [2.05, 4.69) is 10.3 Å². The van der Waals surface area contributed by atoms with E-state index in [9.17, 15) is 4.79 Å². The standard InChI is InChI=1S/C19H18N2O3S/c1-3-24-14-10-8-13(9-11-14)18(22)21-19-20-16(12-25-19)15-6-4-5-7-17(15)23-2/h4-12H,3H2,1-2H3,(H,20,21,22). The van der Waals surface area contributed by atoms with Crippen LogP contribution in [-0.2, 0) is 0 Å². The Morgan fingerprint density at radius 2 is 1.92 bits per heavy atom. The molecule has 1 N–H and O–H groups in total. The van der Waals surface area contributed by atoms with E-state index in [1.165, 1.54) is 11.3 Å². The quantitative estimate of drug-likeness (QED) is 0.709. The van der Waals surface area contributed by atoms with E-state index in [1.807, 2.05) is 36.6 Å². The molecule has 2 aromatic carbocycles. The third-order valence-electron chi connectivity index (χ3n) is 3.54. The molecular formula is C19H18N2O3S. The fraction of sp³-hybridized carbons (Fsp3) is 0.158.